The largest absolute Gasteiger partial charge is 0.480 e. The molecule has 0 fully saturated rings. The Kier molecular flexibility index (Phi) is 5.63. The van der Waals surface area contributed by atoms with Crippen molar-refractivity contribution in [1.82, 2.24) is 20.1 Å². The van der Waals surface area contributed by atoms with Gasteiger partial charge in [0.1, 0.15) is 11.6 Å². The first-order valence-corrected chi connectivity index (χ1v) is 8.54. The zero-order valence-electron chi connectivity index (χ0n) is 14.6. The van der Waals surface area contributed by atoms with Gasteiger partial charge >= 0.3 is 6.09 Å². The molecule has 28 heavy (non-hydrogen) atoms. The molecular weight excluding hydrogens is 400 g/mol. The molecule has 1 aliphatic heterocycles. The van der Waals surface area contributed by atoms with Crippen LogP contribution in [-0.4, -0.2) is 52.0 Å². The first-order valence-electron chi connectivity index (χ1n) is 8.16. The van der Waals surface area contributed by atoms with Crippen LogP contribution < -0.4 is 15.0 Å². The summed E-state index contributed by atoms with van der Waals surface area (Å²) in [5, 5.41) is 15.4. The van der Waals surface area contributed by atoms with Crippen LogP contribution in [0.3, 0.4) is 0 Å². The molecule has 0 aliphatic carbocycles. The molecule has 2 aromatic heterocycles. The quantitative estimate of drug-likeness (QED) is 0.776. The lowest BCUT2D eigenvalue weighted by molar-refractivity contribution is 0.0982. The molecule has 150 valence electrons. The summed E-state index contributed by atoms with van der Waals surface area (Å²) < 4.78 is 31.7. The highest BCUT2D eigenvalue weighted by atomic mass is 35.5. The molecule has 9 nitrogen and oxygen atoms in total. The summed E-state index contributed by atoms with van der Waals surface area (Å²) in [4.78, 5) is 29.3. The van der Waals surface area contributed by atoms with Crippen molar-refractivity contribution in [3.05, 3.63) is 34.7 Å². The SMILES string of the molecule is COc1ncc(C(=O)N2CCC(NC(=O)O)c3c2cnn3CC(F)F)cc1Cl. The number of hydrogen-bond donors (Lipinski definition) is 2. The highest BCUT2D eigenvalue weighted by molar-refractivity contribution is 6.32. The molecule has 2 amide bonds. The molecule has 1 unspecified atom stereocenters. The first-order chi connectivity index (χ1) is 13.3. The summed E-state index contributed by atoms with van der Waals surface area (Å²) >= 11 is 6.02. The number of amides is 2. The van der Waals surface area contributed by atoms with Crippen LogP contribution in [0.1, 0.15) is 28.5 Å². The van der Waals surface area contributed by atoms with Crippen molar-refractivity contribution in [2.75, 3.05) is 18.6 Å². The van der Waals surface area contributed by atoms with E-state index in [9.17, 15) is 18.4 Å². The molecule has 3 rings (SSSR count). The van der Waals surface area contributed by atoms with Gasteiger partial charge in [0.05, 0.1) is 36.3 Å². The summed E-state index contributed by atoms with van der Waals surface area (Å²) in [6.07, 6.45) is -1.24. The zero-order chi connectivity index (χ0) is 20.4. The molecule has 2 aromatic rings. The molecule has 0 saturated carbocycles. The van der Waals surface area contributed by atoms with Gasteiger partial charge in [0, 0.05) is 12.7 Å². The van der Waals surface area contributed by atoms with E-state index < -0.39 is 31.0 Å². The molecule has 0 bridgehead atoms. The number of rotatable bonds is 5. The van der Waals surface area contributed by atoms with Crippen LogP contribution in [0.25, 0.3) is 0 Å². The molecule has 1 aliphatic rings. The Bertz CT molecular complexity index is 907. The number of ether oxygens (including phenoxy) is 1. The van der Waals surface area contributed by atoms with E-state index in [0.717, 1.165) is 4.68 Å². The van der Waals surface area contributed by atoms with Crippen molar-refractivity contribution < 1.29 is 28.2 Å². The predicted molar refractivity (Wildman–Crippen MR) is 94.2 cm³/mol. The highest BCUT2D eigenvalue weighted by Crippen LogP contribution is 2.35. The van der Waals surface area contributed by atoms with Crippen LogP contribution >= 0.6 is 11.6 Å². The van der Waals surface area contributed by atoms with Crippen molar-refractivity contribution in [1.29, 1.82) is 0 Å². The zero-order valence-corrected chi connectivity index (χ0v) is 15.4. The minimum Gasteiger partial charge on any atom is -0.480 e. The summed E-state index contributed by atoms with van der Waals surface area (Å²) in [5.41, 5.74) is 0.625. The Labute approximate surface area is 162 Å². The normalized spacial score (nSPS) is 16.0. The summed E-state index contributed by atoms with van der Waals surface area (Å²) in [5.74, 6) is -0.309. The number of hydrogen-bond acceptors (Lipinski definition) is 5. The average molecular weight is 416 g/mol. The van der Waals surface area contributed by atoms with Crippen LogP contribution in [0, 0.1) is 0 Å². The maximum Gasteiger partial charge on any atom is 0.405 e. The predicted octanol–water partition coefficient (Wildman–Crippen LogP) is 2.56. The van der Waals surface area contributed by atoms with E-state index in [2.05, 4.69) is 15.4 Å². The lowest BCUT2D eigenvalue weighted by Gasteiger charge is -2.32. The summed E-state index contributed by atoms with van der Waals surface area (Å²) in [6.45, 7) is -0.564. The summed E-state index contributed by atoms with van der Waals surface area (Å²) in [7, 11) is 1.39. The Hall–Kier alpha value is -2.95. The Balaban J connectivity index is 1.97. The fourth-order valence-electron chi connectivity index (χ4n) is 3.09. The number of aromatic nitrogens is 3. The minimum atomic E-state index is -2.69. The number of halogens is 3. The monoisotopic (exact) mass is 415 g/mol. The van der Waals surface area contributed by atoms with Gasteiger partial charge in [0.25, 0.3) is 12.3 Å². The number of carboxylic acid groups (broad SMARTS) is 1. The van der Waals surface area contributed by atoms with Crippen LogP contribution in [0.5, 0.6) is 5.88 Å². The van der Waals surface area contributed by atoms with E-state index in [1.165, 1.54) is 30.5 Å². The van der Waals surface area contributed by atoms with Gasteiger partial charge in [-0.2, -0.15) is 5.10 Å². The third kappa shape index (κ3) is 3.84. The van der Waals surface area contributed by atoms with Crippen molar-refractivity contribution in [2.45, 2.75) is 25.4 Å². The van der Waals surface area contributed by atoms with Gasteiger partial charge in [0.2, 0.25) is 5.88 Å². The fourth-order valence-corrected chi connectivity index (χ4v) is 3.34. The van der Waals surface area contributed by atoms with Crippen molar-refractivity contribution >= 4 is 29.3 Å². The second-order valence-corrected chi connectivity index (χ2v) is 6.36. The van der Waals surface area contributed by atoms with Crippen LogP contribution in [0.15, 0.2) is 18.5 Å². The van der Waals surface area contributed by atoms with Gasteiger partial charge in [-0.3, -0.25) is 9.48 Å². The van der Waals surface area contributed by atoms with E-state index in [0.29, 0.717) is 0 Å². The van der Waals surface area contributed by atoms with Crippen molar-refractivity contribution in [2.24, 2.45) is 0 Å². The van der Waals surface area contributed by atoms with E-state index in [1.54, 1.807) is 0 Å². The molecule has 1 atom stereocenters. The van der Waals surface area contributed by atoms with E-state index in [-0.39, 0.29) is 40.8 Å². The molecule has 12 heteroatoms. The second kappa shape index (κ2) is 7.97. The molecule has 0 aromatic carbocycles. The summed E-state index contributed by atoms with van der Waals surface area (Å²) in [6, 6.07) is 0.621. The number of fused-ring (bicyclic) bond motifs is 1. The van der Waals surface area contributed by atoms with Gasteiger partial charge < -0.3 is 20.1 Å². The Morgan fingerprint density at radius 2 is 2.21 bits per heavy atom. The number of carbonyl (C=O) groups is 2. The highest BCUT2D eigenvalue weighted by Gasteiger charge is 2.34. The molecular formula is C16H16ClF2N5O4. The molecule has 0 saturated heterocycles. The number of pyridine rings is 1. The smallest absolute Gasteiger partial charge is 0.405 e. The van der Waals surface area contributed by atoms with Crippen LogP contribution in [0.2, 0.25) is 5.02 Å². The third-order valence-corrected chi connectivity index (χ3v) is 4.49. The van der Waals surface area contributed by atoms with E-state index >= 15 is 0 Å². The van der Waals surface area contributed by atoms with E-state index in [4.69, 9.17) is 21.4 Å². The number of alkyl halides is 2. The second-order valence-electron chi connectivity index (χ2n) is 5.95. The molecule has 0 radical (unpaired) electrons. The molecule has 3 heterocycles. The number of carbonyl (C=O) groups excluding carboxylic acids is 1. The maximum absolute atomic E-state index is 12.9. The molecule has 2 N–H and O–H groups in total. The van der Waals surface area contributed by atoms with Crippen molar-refractivity contribution in [3.8, 4) is 5.88 Å². The molecule has 0 spiro atoms. The van der Waals surface area contributed by atoms with Gasteiger partial charge in [0.15, 0.2) is 0 Å². The Morgan fingerprint density at radius 3 is 2.82 bits per heavy atom. The standard InChI is InChI=1S/C16H16ClF2N5O4/c1-28-14-9(17)4-8(5-20-14)15(25)23-3-2-10(22-16(26)27)13-11(23)6-21-24(13)7-12(18)19/h4-6,10,12,22H,2-3,7H2,1H3,(H,26,27). The third-order valence-electron chi connectivity index (χ3n) is 4.22. The van der Waals surface area contributed by atoms with Gasteiger partial charge in [-0.25, -0.2) is 18.6 Å². The lowest BCUT2D eigenvalue weighted by Crippen LogP contribution is -2.41. The average Bonchev–Trinajstić information content (AvgIpc) is 3.04. The van der Waals surface area contributed by atoms with Crippen LogP contribution in [-0.2, 0) is 6.54 Å². The number of nitrogens with zero attached hydrogens (tertiary/aromatic N) is 4. The lowest BCUT2D eigenvalue weighted by atomic mass is 10.0. The number of nitrogens with one attached hydrogen (secondary N) is 1. The Morgan fingerprint density at radius 1 is 1.46 bits per heavy atom. The van der Waals surface area contributed by atoms with Gasteiger partial charge in [-0.1, -0.05) is 11.6 Å². The topological polar surface area (TPSA) is 110 Å². The minimum absolute atomic E-state index is 0.143. The fraction of sp³-hybridized carbons (Fsp3) is 0.375. The van der Waals surface area contributed by atoms with Gasteiger partial charge in [-0.05, 0) is 12.5 Å². The maximum atomic E-state index is 12.9. The number of methoxy groups -OCH3 is 1. The van der Waals surface area contributed by atoms with Crippen LogP contribution in [0.4, 0.5) is 19.3 Å². The number of anilines is 1. The first kappa shape index (κ1) is 19.8. The van der Waals surface area contributed by atoms with Gasteiger partial charge in [-0.15, -0.1) is 0 Å². The van der Waals surface area contributed by atoms with Crippen molar-refractivity contribution in [3.63, 3.8) is 0 Å². The van der Waals surface area contributed by atoms with E-state index in [1.807, 2.05) is 0 Å².